The Morgan fingerprint density at radius 3 is 2.85 bits per heavy atom. The van der Waals surface area contributed by atoms with Gasteiger partial charge in [0, 0.05) is 12.2 Å². The molecule has 1 aliphatic carbocycles. The van der Waals surface area contributed by atoms with Crippen LogP contribution >= 0.6 is 0 Å². The fourth-order valence-electron chi connectivity index (χ4n) is 5.46. The quantitative estimate of drug-likeness (QED) is 0.477. The summed E-state index contributed by atoms with van der Waals surface area (Å²) in [6.07, 6.45) is 5.10. The van der Waals surface area contributed by atoms with Crippen molar-refractivity contribution in [2.75, 3.05) is 18.1 Å². The van der Waals surface area contributed by atoms with Crippen LogP contribution in [0, 0.1) is 23.3 Å². The molecule has 0 radical (unpaired) electrons. The summed E-state index contributed by atoms with van der Waals surface area (Å²) in [6, 6.07) is 14.7. The Morgan fingerprint density at radius 2 is 2.09 bits per heavy atom. The molecule has 2 atom stereocenters. The number of anilines is 1. The number of nitriles is 1. The normalized spacial score (nSPS) is 24.1. The average molecular weight is 456 g/mol. The minimum Gasteiger partial charge on any atom is -0.479 e. The molecule has 8 nitrogen and oxygen atoms in total. The Hall–Kier alpha value is -4.04. The summed E-state index contributed by atoms with van der Waals surface area (Å²) in [5.41, 5.74) is 2.58. The van der Waals surface area contributed by atoms with Gasteiger partial charge in [0.1, 0.15) is 17.4 Å². The molecule has 5 rings (SSSR count). The van der Waals surface area contributed by atoms with E-state index in [1.165, 1.54) is 0 Å². The van der Waals surface area contributed by atoms with Gasteiger partial charge in [-0.2, -0.15) is 5.26 Å². The van der Waals surface area contributed by atoms with Crippen molar-refractivity contribution in [1.82, 2.24) is 9.55 Å². The largest absolute Gasteiger partial charge is 0.479 e. The number of nitrogens with zero attached hydrogens (tertiary/aromatic N) is 5. The standard InChI is InChI=1S/C26H25N5O3/c1-25(16-30-18-29-22-9-4-19(28-2)14-23(22)30)10-3-11-26(15-25)17-31(24(32)34-26)20-5-7-21(8-6-20)33-13-12-27/h4-9,14,18H,3,10-11,13,15-17H2,1H3/t25-,26-/m0/s1. The van der Waals surface area contributed by atoms with E-state index in [0.717, 1.165) is 48.9 Å². The van der Waals surface area contributed by atoms with E-state index in [1.54, 1.807) is 23.1 Å². The molecule has 3 aromatic rings. The van der Waals surface area contributed by atoms with Crippen LogP contribution in [0.1, 0.15) is 32.6 Å². The minimum atomic E-state index is -0.530. The van der Waals surface area contributed by atoms with Crippen LogP contribution in [0.3, 0.4) is 0 Å². The maximum Gasteiger partial charge on any atom is 0.415 e. The average Bonchev–Trinajstić information content (AvgIpc) is 3.37. The van der Waals surface area contributed by atoms with Gasteiger partial charge in [0.2, 0.25) is 0 Å². The molecular weight excluding hydrogens is 430 g/mol. The third-order valence-corrected chi connectivity index (χ3v) is 6.87. The van der Waals surface area contributed by atoms with E-state index in [2.05, 4.69) is 21.3 Å². The molecule has 8 heteroatoms. The molecule has 2 aliphatic rings. The van der Waals surface area contributed by atoms with Crippen LogP contribution in [-0.2, 0) is 11.3 Å². The van der Waals surface area contributed by atoms with Gasteiger partial charge in [-0.25, -0.2) is 14.6 Å². The third-order valence-electron chi connectivity index (χ3n) is 6.87. The summed E-state index contributed by atoms with van der Waals surface area (Å²) in [4.78, 5) is 22.6. The number of rotatable bonds is 5. The van der Waals surface area contributed by atoms with Gasteiger partial charge in [0.25, 0.3) is 0 Å². The van der Waals surface area contributed by atoms with E-state index in [4.69, 9.17) is 21.3 Å². The zero-order valence-electron chi connectivity index (χ0n) is 19.0. The number of carbonyl (C=O) groups excluding carboxylic acids is 1. The van der Waals surface area contributed by atoms with Crippen molar-refractivity contribution in [2.45, 2.75) is 44.8 Å². The van der Waals surface area contributed by atoms with Crippen molar-refractivity contribution in [2.24, 2.45) is 5.41 Å². The van der Waals surface area contributed by atoms with Gasteiger partial charge in [-0.1, -0.05) is 13.0 Å². The molecule has 1 amide bonds. The van der Waals surface area contributed by atoms with Crippen LogP contribution in [0.2, 0.25) is 0 Å². The van der Waals surface area contributed by atoms with Crippen molar-refractivity contribution in [3.8, 4) is 11.8 Å². The number of hydrogen-bond acceptors (Lipinski definition) is 5. The molecule has 34 heavy (non-hydrogen) atoms. The summed E-state index contributed by atoms with van der Waals surface area (Å²) < 4.78 is 13.5. The smallest absolute Gasteiger partial charge is 0.415 e. The van der Waals surface area contributed by atoms with E-state index >= 15 is 0 Å². The first-order valence-corrected chi connectivity index (χ1v) is 11.4. The van der Waals surface area contributed by atoms with Gasteiger partial charge in [-0.05, 0) is 67.5 Å². The van der Waals surface area contributed by atoms with Crippen molar-refractivity contribution < 1.29 is 14.3 Å². The molecule has 0 unspecified atom stereocenters. The zero-order valence-corrected chi connectivity index (χ0v) is 19.0. The first-order valence-electron chi connectivity index (χ1n) is 11.4. The second-order valence-corrected chi connectivity index (χ2v) is 9.58. The van der Waals surface area contributed by atoms with E-state index in [0.29, 0.717) is 18.0 Å². The highest BCUT2D eigenvalue weighted by molar-refractivity contribution is 5.90. The SMILES string of the molecule is [C-]#[N+]c1ccc2ncn(C[C@@]3(C)CCC[C@@]4(CN(c5ccc(OCC#N)cc5)C(=O)O4)C3)c2c1. The van der Waals surface area contributed by atoms with Crippen molar-refractivity contribution >= 4 is 28.5 Å². The Labute approximate surface area is 198 Å². The van der Waals surface area contributed by atoms with Gasteiger partial charge >= 0.3 is 6.09 Å². The maximum atomic E-state index is 12.9. The summed E-state index contributed by atoms with van der Waals surface area (Å²) in [5.74, 6) is 0.590. The second-order valence-electron chi connectivity index (χ2n) is 9.58. The number of hydrogen-bond donors (Lipinski definition) is 0. The van der Waals surface area contributed by atoms with E-state index in [-0.39, 0.29) is 18.1 Å². The molecule has 2 aromatic carbocycles. The highest BCUT2D eigenvalue weighted by Gasteiger charge is 2.51. The lowest BCUT2D eigenvalue weighted by atomic mass is 9.68. The predicted molar refractivity (Wildman–Crippen MR) is 127 cm³/mol. The molecule has 2 heterocycles. The first-order chi connectivity index (χ1) is 16.4. The molecule has 2 fully saturated rings. The number of ether oxygens (including phenoxy) is 2. The second kappa shape index (κ2) is 8.39. The summed E-state index contributed by atoms with van der Waals surface area (Å²) in [5, 5.41) is 8.67. The van der Waals surface area contributed by atoms with Crippen LogP contribution in [0.5, 0.6) is 5.75 Å². The highest BCUT2D eigenvalue weighted by atomic mass is 16.6. The van der Waals surface area contributed by atoms with Gasteiger partial charge in [0.05, 0.1) is 30.5 Å². The maximum absolute atomic E-state index is 12.9. The fraction of sp³-hybridized carbons (Fsp3) is 0.385. The Kier molecular flexibility index (Phi) is 5.37. The van der Waals surface area contributed by atoms with Crippen LogP contribution in [-0.4, -0.2) is 34.4 Å². The van der Waals surface area contributed by atoms with Crippen LogP contribution in [0.25, 0.3) is 15.9 Å². The number of amides is 1. The number of imidazole rings is 1. The Morgan fingerprint density at radius 1 is 1.26 bits per heavy atom. The zero-order chi connectivity index (χ0) is 23.8. The Balaban J connectivity index is 1.34. The van der Waals surface area contributed by atoms with Crippen molar-refractivity contribution in [3.63, 3.8) is 0 Å². The number of benzene rings is 2. The van der Waals surface area contributed by atoms with E-state index in [9.17, 15) is 4.79 Å². The third kappa shape index (κ3) is 4.04. The Bertz CT molecular complexity index is 1320. The molecule has 0 bridgehead atoms. The van der Waals surface area contributed by atoms with Crippen LogP contribution < -0.4 is 9.64 Å². The molecule has 1 aromatic heterocycles. The molecule has 1 spiro atoms. The first kappa shape index (κ1) is 21.8. The van der Waals surface area contributed by atoms with Gasteiger partial charge in [-0.15, -0.1) is 0 Å². The van der Waals surface area contributed by atoms with Gasteiger partial charge < -0.3 is 14.0 Å². The summed E-state index contributed by atoms with van der Waals surface area (Å²) in [7, 11) is 0. The lowest BCUT2D eigenvalue weighted by Gasteiger charge is -2.43. The molecule has 1 saturated carbocycles. The van der Waals surface area contributed by atoms with Crippen LogP contribution in [0.15, 0.2) is 48.8 Å². The molecule has 0 N–H and O–H groups in total. The topological polar surface area (TPSA) is 84.7 Å². The number of aromatic nitrogens is 2. The minimum absolute atomic E-state index is 0.0157. The monoisotopic (exact) mass is 455 g/mol. The number of carbonyl (C=O) groups is 1. The number of fused-ring (bicyclic) bond motifs is 1. The van der Waals surface area contributed by atoms with E-state index in [1.807, 2.05) is 36.7 Å². The molecule has 172 valence electrons. The molecule has 1 saturated heterocycles. The van der Waals surface area contributed by atoms with E-state index < -0.39 is 5.60 Å². The predicted octanol–water partition coefficient (Wildman–Crippen LogP) is 5.47. The van der Waals surface area contributed by atoms with Crippen molar-refractivity contribution in [1.29, 1.82) is 5.26 Å². The van der Waals surface area contributed by atoms with Crippen molar-refractivity contribution in [3.05, 3.63) is 60.2 Å². The lowest BCUT2D eigenvalue weighted by Crippen LogP contribution is -2.45. The van der Waals surface area contributed by atoms with Gasteiger partial charge in [-0.3, -0.25) is 4.90 Å². The lowest BCUT2D eigenvalue weighted by molar-refractivity contribution is -0.0264. The molecular formula is C26H25N5O3. The summed E-state index contributed by atoms with van der Waals surface area (Å²) in [6.45, 7) is 10.8. The fourth-order valence-corrected chi connectivity index (χ4v) is 5.46. The highest BCUT2D eigenvalue weighted by Crippen LogP contribution is 2.48. The molecule has 1 aliphatic heterocycles. The summed E-state index contributed by atoms with van der Waals surface area (Å²) >= 11 is 0. The van der Waals surface area contributed by atoms with Crippen LogP contribution in [0.4, 0.5) is 16.2 Å². The van der Waals surface area contributed by atoms with Gasteiger partial charge in [0.15, 0.2) is 12.3 Å².